The van der Waals surface area contributed by atoms with E-state index in [0.717, 1.165) is 19.3 Å². The minimum Gasteiger partial charge on any atom is -0.436 e. The molecule has 1 aliphatic heterocycles. The fraction of sp³-hybridized carbons (Fsp3) is 0.364. The van der Waals surface area contributed by atoms with Gasteiger partial charge in [-0.25, -0.2) is 18.5 Å². The molecule has 3 aromatic rings. The number of hydrogen-bond acceptors (Lipinski definition) is 8. The van der Waals surface area contributed by atoms with Crippen molar-refractivity contribution in [3.8, 4) is 0 Å². The van der Waals surface area contributed by atoms with Crippen LogP contribution in [0.4, 0.5) is 11.6 Å². The molecule has 11 nitrogen and oxygen atoms in total. The summed E-state index contributed by atoms with van der Waals surface area (Å²) in [5.74, 6) is -0.411. The predicted octanol–water partition coefficient (Wildman–Crippen LogP) is 2.17. The Morgan fingerprint density at radius 2 is 1.94 bits per heavy atom. The lowest BCUT2D eigenvalue weighted by atomic mass is 9.79. The van der Waals surface area contributed by atoms with Gasteiger partial charge in [-0.05, 0) is 43.2 Å². The Kier molecular flexibility index (Phi) is 5.29. The van der Waals surface area contributed by atoms with Gasteiger partial charge in [0, 0.05) is 24.2 Å². The van der Waals surface area contributed by atoms with Crippen molar-refractivity contribution in [3.05, 3.63) is 42.2 Å². The highest BCUT2D eigenvalue weighted by molar-refractivity contribution is 7.89. The molecule has 2 aliphatic rings. The minimum atomic E-state index is -3.80. The first-order valence-electron chi connectivity index (χ1n) is 10.9. The Hall–Kier alpha value is -3.51. The second-order valence-corrected chi connectivity index (χ2v) is 10.2. The van der Waals surface area contributed by atoms with Crippen LogP contribution in [-0.4, -0.2) is 34.8 Å². The van der Waals surface area contributed by atoms with Gasteiger partial charge in [0.25, 0.3) is 0 Å². The summed E-state index contributed by atoms with van der Waals surface area (Å²) in [5.41, 5.74) is 0.965. The lowest BCUT2D eigenvalue weighted by molar-refractivity contribution is -0.155. The Labute approximate surface area is 195 Å². The minimum absolute atomic E-state index is 0.00292. The van der Waals surface area contributed by atoms with Gasteiger partial charge in [0.15, 0.2) is 0 Å². The number of aromatic nitrogens is 3. The van der Waals surface area contributed by atoms with Gasteiger partial charge in [-0.15, -0.1) is 0 Å². The van der Waals surface area contributed by atoms with Crippen LogP contribution in [0.25, 0.3) is 11.0 Å². The summed E-state index contributed by atoms with van der Waals surface area (Å²) >= 11 is 0. The predicted molar refractivity (Wildman–Crippen MR) is 122 cm³/mol. The number of nitrogens with one attached hydrogen (secondary N) is 2. The molecule has 12 heteroatoms. The zero-order valence-electron chi connectivity index (χ0n) is 18.4. The van der Waals surface area contributed by atoms with E-state index in [4.69, 9.17) is 9.88 Å². The van der Waals surface area contributed by atoms with Gasteiger partial charge in [-0.1, -0.05) is 19.3 Å². The Bertz CT molecular complexity index is 1390. The number of benzene rings is 1. The van der Waals surface area contributed by atoms with Crippen LogP contribution in [0.5, 0.6) is 0 Å². The molecule has 1 spiro atoms. The van der Waals surface area contributed by atoms with Crippen molar-refractivity contribution in [2.24, 2.45) is 5.14 Å². The first-order valence-corrected chi connectivity index (χ1v) is 12.5. The van der Waals surface area contributed by atoms with Gasteiger partial charge < -0.3 is 19.9 Å². The van der Waals surface area contributed by atoms with E-state index in [1.165, 1.54) is 19.1 Å². The molecule has 1 aromatic carbocycles. The number of carbonyl (C=O) groups is 2. The molecule has 0 radical (unpaired) electrons. The van der Waals surface area contributed by atoms with Gasteiger partial charge in [0.2, 0.25) is 28.1 Å². The van der Waals surface area contributed by atoms with Crippen molar-refractivity contribution in [2.75, 3.05) is 5.32 Å². The van der Waals surface area contributed by atoms with Gasteiger partial charge in [0.05, 0.1) is 10.6 Å². The van der Waals surface area contributed by atoms with E-state index in [9.17, 15) is 18.0 Å². The quantitative estimate of drug-likeness (QED) is 0.475. The number of primary sulfonamides is 1. The fourth-order valence-corrected chi connectivity index (χ4v) is 5.36. The Balaban J connectivity index is 1.58. The van der Waals surface area contributed by atoms with E-state index in [1.807, 2.05) is 10.6 Å². The molecule has 5 rings (SSSR count). The van der Waals surface area contributed by atoms with Gasteiger partial charge in [0.1, 0.15) is 11.2 Å². The van der Waals surface area contributed by atoms with Crippen molar-refractivity contribution >= 4 is 44.6 Å². The molecule has 4 N–H and O–H groups in total. The third-order valence-corrected chi connectivity index (χ3v) is 7.28. The normalized spacial score (nSPS) is 19.5. The van der Waals surface area contributed by atoms with Crippen molar-refractivity contribution in [3.63, 3.8) is 0 Å². The molecule has 0 saturated heterocycles. The maximum absolute atomic E-state index is 13.3. The number of hydrogen-bond donors (Lipinski definition) is 3. The number of nitrogens with two attached hydrogens (primary N) is 1. The summed E-state index contributed by atoms with van der Waals surface area (Å²) in [6.07, 6.45) is 4.89. The summed E-state index contributed by atoms with van der Waals surface area (Å²) < 4.78 is 30.3. The number of rotatable bonds is 4. The lowest BCUT2D eigenvalue weighted by Gasteiger charge is -2.43. The van der Waals surface area contributed by atoms with Crippen LogP contribution >= 0.6 is 0 Å². The number of carbonyl (C=O) groups excluding carboxylic acids is 2. The molecule has 1 saturated carbocycles. The third kappa shape index (κ3) is 3.78. The number of nitrogens with zero attached hydrogens (tertiary/aromatic N) is 3. The molecular formula is C22H24N6O5S. The standard InChI is InChI=1S/C22H24N6O5S/c1-13(29)33-19-17-11-14-12-24-21(25-15-5-7-16(8-6-15)34(23,31)32)26-18(14)28(17)22(20(30)27-19)9-3-2-4-10-22/h5-8,11-12,19H,2-4,9-10H2,1H3,(H,27,30)(H2,23,31,32)(H,24,25,26). The Morgan fingerprint density at radius 1 is 1.24 bits per heavy atom. The molecule has 1 fully saturated rings. The van der Waals surface area contributed by atoms with E-state index >= 15 is 0 Å². The summed E-state index contributed by atoms with van der Waals surface area (Å²) in [5, 5.41) is 11.8. The number of ether oxygens (including phenoxy) is 1. The lowest BCUT2D eigenvalue weighted by Crippen LogP contribution is -2.56. The smallest absolute Gasteiger partial charge is 0.304 e. The molecule has 1 unspecified atom stereocenters. The maximum atomic E-state index is 13.3. The summed E-state index contributed by atoms with van der Waals surface area (Å²) in [6, 6.07) is 7.74. The van der Waals surface area contributed by atoms with Crippen LogP contribution in [0.1, 0.15) is 50.9 Å². The van der Waals surface area contributed by atoms with Crippen LogP contribution in [0.2, 0.25) is 0 Å². The second-order valence-electron chi connectivity index (χ2n) is 8.63. The first-order chi connectivity index (χ1) is 16.2. The van der Waals surface area contributed by atoms with Crippen LogP contribution in [0.15, 0.2) is 41.4 Å². The van der Waals surface area contributed by atoms with Crippen molar-refractivity contribution < 1.29 is 22.7 Å². The SMILES string of the molecule is CC(=O)OC1NC(=O)C2(CCCCC2)n2c1cc1cnc(Nc3ccc(S(N)(=O)=O)cc3)nc12. The average molecular weight is 485 g/mol. The number of anilines is 2. The van der Waals surface area contributed by atoms with Crippen LogP contribution in [-0.2, 0) is 29.9 Å². The summed E-state index contributed by atoms with van der Waals surface area (Å²) in [6.45, 7) is 1.30. The highest BCUT2D eigenvalue weighted by Crippen LogP contribution is 2.43. The molecule has 1 aliphatic carbocycles. The van der Waals surface area contributed by atoms with E-state index in [2.05, 4.69) is 20.6 Å². The van der Waals surface area contributed by atoms with Gasteiger partial charge >= 0.3 is 5.97 Å². The number of esters is 1. The van der Waals surface area contributed by atoms with Gasteiger partial charge in [-0.2, -0.15) is 4.98 Å². The highest BCUT2D eigenvalue weighted by atomic mass is 32.2. The molecule has 1 atom stereocenters. The van der Waals surface area contributed by atoms with E-state index < -0.39 is 27.8 Å². The molecule has 34 heavy (non-hydrogen) atoms. The monoisotopic (exact) mass is 484 g/mol. The van der Waals surface area contributed by atoms with Gasteiger partial charge in [-0.3, -0.25) is 9.59 Å². The van der Waals surface area contributed by atoms with E-state index in [-0.39, 0.29) is 16.8 Å². The van der Waals surface area contributed by atoms with Crippen LogP contribution in [0.3, 0.4) is 0 Å². The number of amides is 1. The van der Waals surface area contributed by atoms with E-state index in [0.29, 0.717) is 35.3 Å². The summed E-state index contributed by atoms with van der Waals surface area (Å²) in [7, 11) is -3.80. The number of sulfonamides is 1. The van der Waals surface area contributed by atoms with Crippen LogP contribution < -0.4 is 15.8 Å². The molecule has 178 valence electrons. The molecular weight excluding hydrogens is 460 g/mol. The van der Waals surface area contributed by atoms with Crippen molar-refractivity contribution in [1.29, 1.82) is 0 Å². The first kappa shape index (κ1) is 22.3. The molecule has 1 amide bonds. The molecule has 2 aromatic heterocycles. The zero-order valence-corrected chi connectivity index (χ0v) is 19.3. The van der Waals surface area contributed by atoms with Crippen LogP contribution in [0, 0.1) is 0 Å². The van der Waals surface area contributed by atoms with Crippen molar-refractivity contribution in [2.45, 2.75) is 55.7 Å². The number of fused-ring (bicyclic) bond motifs is 4. The molecule has 0 bridgehead atoms. The highest BCUT2D eigenvalue weighted by Gasteiger charge is 2.49. The largest absolute Gasteiger partial charge is 0.436 e. The third-order valence-electron chi connectivity index (χ3n) is 6.35. The zero-order chi connectivity index (χ0) is 24.1. The second kappa shape index (κ2) is 8.06. The van der Waals surface area contributed by atoms with Crippen molar-refractivity contribution in [1.82, 2.24) is 19.9 Å². The summed E-state index contributed by atoms with van der Waals surface area (Å²) in [4.78, 5) is 34.1. The Morgan fingerprint density at radius 3 is 2.59 bits per heavy atom. The maximum Gasteiger partial charge on any atom is 0.304 e. The topological polar surface area (TPSA) is 158 Å². The molecule has 3 heterocycles. The van der Waals surface area contributed by atoms with E-state index in [1.54, 1.807) is 18.3 Å². The average Bonchev–Trinajstić information content (AvgIpc) is 3.18. The fourth-order valence-electron chi connectivity index (χ4n) is 4.84.